The van der Waals surface area contributed by atoms with Crippen molar-refractivity contribution in [2.45, 2.75) is 19.3 Å². The Hall–Kier alpha value is -1.71. The van der Waals surface area contributed by atoms with Gasteiger partial charge in [-0.1, -0.05) is 6.42 Å². The number of carbonyl (C=O) groups excluding carboxylic acids is 1. The molecule has 0 aliphatic heterocycles. The predicted molar refractivity (Wildman–Crippen MR) is 70.0 cm³/mol. The maximum Gasteiger partial charge on any atom is 0.250 e. The smallest absolute Gasteiger partial charge is 0.250 e. The van der Waals surface area contributed by atoms with E-state index in [-0.39, 0.29) is 0 Å². The second kappa shape index (κ2) is 4.65. The van der Waals surface area contributed by atoms with Crippen LogP contribution < -0.4 is 16.4 Å². The lowest BCUT2D eigenvalue weighted by Gasteiger charge is -2.32. The van der Waals surface area contributed by atoms with Crippen LogP contribution in [0, 0.1) is 5.92 Å². The first-order chi connectivity index (χ1) is 8.08. The summed E-state index contributed by atoms with van der Waals surface area (Å²) in [6.07, 6.45) is 3.89. The minimum Gasteiger partial charge on any atom is -0.399 e. The number of anilines is 2. The number of primary amides is 1. The van der Waals surface area contributed by atoms with Crippen LogP contribution in [-0.2, 0) is 0 Å². The van der Waals surface area contributed by atoms with Gasteiger partial charge in [0.1, 0.15) is 0 Å². The van der Waals surface area contributed by atoms with Gasteiger partial charge in [-0.2, -0.15) is 0 Å². The minimum atomic E-state index is -0.423. The predicted octanol–water partition coefficient (Wildman–Crippen LogP) is 1.60. The molecule has 4 heteroatoms. The molecule has 4 nitrogen and oxygen atoms in total. The highest BCUT2D eigenvalue weighted by molar-refractivity contribution is 5.99. The molecular weight excluding hydrogens is 214 g/mol. The highest BCUT2D eigenvalue weighted by atomic mass is 16.1. The second-order valence-corrected chi connectivity index (χ2v) is 4.82. The molecule has 1 fully saturated rings. The molecule has 2 rings (SSSR count). The molecule has 0 radical (unpaired) electrons. The Labute approximate surface area is 102 Å². The summed E-state index contributed by atoms with van der Waals surface area (Å²) in [5, 5.41) is 0. The summed E-state index contributed by atoms with van der Waals surface area (Å²) in [6, 6.07) is 5.32. The van der Waals surface area contributed by atoms with Gasteiger partial charge in [-0.15, -0.1) is 0 Å². The van der Waals surface area contributed by atoms with E-state index in [4.69, 9.17) is 11.5 Å². The van der Waals surface area contributed by atoms with Crippen LogP contribution in [0.1, 0.15) is 29.6 Å². The maximum absolute atomic E-state index is 11.4. The van der Waals surface area contributed by atoms with E-state index in [2.05, 4.69) is 4.90 Å². The molecule has 1 saturated carbocycles. The highest BCUT2D eigenvalue weighted by Crippen LogP contribution is 2.30. The van der Waals surface area contributed by atoms with E-state index >= 15 is 0 Å². The van der Waals surface area contributed by atoms with Crippen LogP contribution in [0.5, 0.6) is 0 Å². The molecule has 0 atom stereocenters. The van der Waals surface area contributed by atoms with E-state index in [9.17, 15) is 4.79 Å². The summed E-state index contributed by atoms with van der Waals surface area (Å²) in [6.45, 7) is 0.976. The molecule has 4 N–H and O–H groups in total. The molecule has 1 aromatic rings. The summed E-state index contributed by atoms with van der Waals surface area (Å²) in [7, 11) is 2.00. The molecule has 1 amide bonds. The van der Waals surface area contributed by atoms with Crippen molar-refractivity contribution in [3.8, 4) is 0 Å². The zero-order valence-electron chi connectivity index (χ0n) is 10.1. The average Bonchev–Trinajstić information content (AvgIpc) is 2.23. The summed E-state index contributed by atoms with van der Waals surface area (Å²) in [5.74, 6) is 0.325. The Balaban J connectivity index is 2.20. The number of amides is 1. The first-order valence-electron chi connectivity index (χ1n) is 5.98. The largest absolute Gasteiger partial charge is 0.399 e. The van der Waals surface area contributed by atoms with Crippen molar-refractivity contribution in [1.29, 1.82) is 0 Å². The minimum absolute atomic E-state index is 0.423. The van der Waals surface area contributed by atoms with Gasteiger partial charge in [0, 0.05) is 25.0 Å². The number of carbonyl (C=O) groups is 1. The van der Waals surface area contributed by atoms with Crippen molar-refractivity contribution in [2.75, 3.05) is 24.2 Å². The van der Waals surface area contributed by atoms with Gasteiger partial charge < -0.3 is 16.4 Å². The molecule has 0 unspecified atom stereocenters. The lowest BCUT2D eigenvalue weighted by Crippen LogP contribution is -2.31. The van der Waals surface area contributed by atoms with Crippen LogP contribution in [0.15, 0.2) is 18.2 Å². The van der Waals surface area contributed by atoms with E-state index in [0.717, 1.165) is 18.2 Å². The fraction of sp³-hybridized carbons (Fsp3) is 0.462. The van der Waals surface area contributed by atoms with Gasteiger partial charge in [0.25, 0.3) is 5.91 Å². The summed E-state index contributed by atoms with van der Waals surface area (Å²) in [4.78, 5) is 13.5. The first-order valence-corrected chi connectivity index (χ1v) is 5.98. The molecule has 0 aromatic heterocycles. The quantitative estimate of drug-likeness (QED) is 0.776. The van der Waals surface area contributed by atoms with E-state index in [1.807, 2.05) is 13.1 Å². The lowest BCUT2D eigenvalue weighted by atomic mass is 9.85. The van der Waals surface area contributed by atoms with Crippen LogP contribution in [0.25, 0.3) is 0 Å². The van der Waals surface area contributed by atoms with Crippen molar-refractivity contribution in [3.63, 3.8) is 0 Å². The van der Waals surface area contributed by atoms with Crippen molar-refractivity contribution >= 4 is 17.3 Å². The number of nitrogens with two attached hydrogens (primary N) is 2. The summed E-state index contributed by atoms with van der Waals surface area (Å²) >= 11 is 0. The lowest BCUT2D eigenvalue weighted by molar-refractivity contribution is 0.100. The molecule has 0 saturated heterocycles. The summed E-state index contributed by atoms with van der Waals surface area (Å²) in [5.41, 5.74) is 13.0. The van der Waals surface area contributed by atoms with Crippen molar-refractivity contribution < 1.29 is 4.79 Å². The van der Waals surface area contributed by atoms with Crippen LogP contribution >= 0.6 is 0 Å². The van der Waals surface area contributed by atoms with E-state index in [1.165, 1.54) is 19.3 Å². The van der Waals surface area contributed by atoms with Crippen LogP contribution in [0.2, 0.25) is 0 Å². The van der Waals surface area contributed by atoms with Gasteiger partial charge in [-0.25, -0.2) is 0 Å². The topological polar surface area (TPSA) is 72.3 Å². The number of hydrogen-bond acceptors (Lipinski definition) is 3. The third kappa shape index (κ3) is 2.52. The Morgan fingerprint density at radius 1 is 1.47 bits per heavy atom. The van der Waals surface area contributed by atoms with E-state index in [1.54, 1.807) is 12.1 Å². The molecule has 17 heavy (non-hydrogen) atoms. The SMILES string of the molecule is CN(CC1CCC1)c1ccc(N)cc1C(N)=O. The third-order valence-electron chi connectivity index (χ3n) is 3.45. The van der Waals surface area contributed by atoms with Crippen LogP contribution in [-0.4, -0.2) is 19.5 Å². The molecule has 0 heterocycles. The van der Waals surface area contributed by atoms with Gasteiger partial charge in [0.15, 0.2) is 0 Å². The molecule has 0 bridgehead atoms. The van der Waals surface area contributed by atoms with Gasteiger partial charge >= 0.3 is 0 Å². The number of rotatable bonds is 4. The average molecular weight is 233 g/mol. The zero-order chi connectivity index (χ0) is 12.4. The summed E-state index contributed by atoms with van der Waals surface area (Å²) < 4.78 is 0. The number of benzene rings is 1. The monoisotopic (exact) mass is 233 g/mol. The fourth-order valence-electron chi connectivity index (χ4n) is 2.24. The third-order valence-corrected chi connectivity index (χ3v) is 3.45. The highest BCUT2D eigenvalue weighted by Gasteiger charge is 2.21. The van der Waals surface area contributed by atoms with E-state index < -0.39 is 5.91 Å². The number of nitrogens with zero attached hydrogens (tertiary/aromatic N) is 1. The molecular formula is C13H19N3O. The van der Waals surface area contributed by atoms with Gasteiger partial charge in [0.2, 0.25) is 0 Å². The zero-order valence-corrected chi connectivity index (χ0v) is 10.1. The second-order valence-electron chi connectivity index (χ2n) is 4.82. The molecule has 1 aliphatic carbocycles. The molecule has 1 aliphatic rings. The van der Waals surface area contributed by atoms with Crippen LogP contribution in [0.4, 0.5) is 11.4 Å². The Morgan fingerprint density at radius 3 is 2.71 bits per heavy atom. The number of nitrogen functional groups attached to an aromatic ring is 1. The van der Waals surface area contributed by atoms with Crippen LogP contribution in [0.3, 0.4) is 0 Å². The van der Waals surface area contributed by atoms with Crippen molar-refractivity contribution in [1.82, 2.24) is 0 Å². The Morgan fingerprint density at radius 2 is 2.18 bits per heavy atom. The van der Waals surface area contributed by atoms with Crippen molar-refractivity contribution in [3.05, 3.63) is 23.8 Å². The number of hydrogen-bond donors (Lipinski definition) is 2. The van der Waals surface area contributed by atoms with Gasteiger partial charge in [-0.3, -0.25) is 4.79 Å². The molecule has 0 spiro atoms. The maximum atomic E-state index is 11.4. The Bertz CT molecular complexity index is 427. The normalized spacial score (nSPS) is 15.4. The van der Waals surface area contributed by atoms with Gasteiger partial charge in [-0.05, 0) is 37.0 Å². The molecule has 92 valence electrons. The van der Waals surface area contributed by atoms with E-state index in [0.29, 0.717) is 11.3 Å². The fourth-order valence-corrected chi connectivity index (χ4v) is 2.24. The molecule has 1 aromatic carbocycles. The Kier molecular flexibility index (Phi) is 3.22. The standard InChI is InChI=1S/C13H19N3O/c1-16(8-9-3-2-4-9)12-6-5-10(14)7-11(12)13(15)17/h5-7,9H,2-4,8,14H2,1H3,(H2,15,17). The van der Waals surface area contributed by atoms with Gasteiger partial charge in [0.05, 0.1) is 5.56 Å². The first kappa shape index (κ1) is 11.8. The van der Waals surface area contributed by atoms with Crippen molar-refractivity contribution in [2.24, 2.45) is 11.7 Å².